The Morgan fingerprint density at radius 2 is 1.72 bits per heavy atom. The van der Waals surface area contributed by atoms with Gasteiger partial charge in [0.05, 0.1) is 30.9 Å². The van der Waals surface area contributed by atoms with Gasteiger partial charge in [0.2, 0.25) is 11.8 Å². The quantitative estimate of drug-likeness (QED) is 0.545. The van der Waals surface area contributed by atoms with Gasteiger partial charge in [-0.25, -0.2) is 0 Å². The molecule has 0 aliphatic carbocycles. The molecule has 0 fully saturated rings. The van der Waals surface area contributed by atoms with Crippen LogP contribution in [0.25, 0.3) is 0 Å². The number of methoxy groups -OCH3 is 1. The van der Waals surface area contributed by atoms with E-state index >= 15 is 0 Å². The second-order valence-corrected chi connectivity index (χ2v) is 6.66. The first-order valence-electron chi connectivity index (χ1n) is 8.84. The summed E-state index contributed by atoms with van der Waals surface area (Å²) in [5.74, 6) is -1.30. The monoisotopic (exact) mass is 418 g/mol. The number of halogens is 1. The maximum Gasteiger partial charge on any atom is 0.257 e. The van der Waals surface area contributed by atoms with Gasteiger partial charge in [-0.1, -0.05) is 23.7 Å². The van der Waals surface area contributed by atoms with Gasteiger partial charge in [-0.2, -0.15) is 0 Å². The molecule has 0 saturated heterocycles. The number of hydrogen-bond acceptors (Lipinski definition) is 5. The number of anilines is 2. The van der Waals surface area contributed by atoms with Crippen LogP contribution in [0.3, 0.4) is 0 Å². The zero-order valence-electron chi connectivity index (χ0n) is 16.0. The fraction of sp³-hybridized carbons (Fsp3) is 0.250. The Morgan fingerprint density at radius 1 is 1.03 bits per heavy atom. The highest BCUT2D eigenvalue weighted by atomic mass is 35.5. The van der Waals surface area contributed by atoms with E-state index in [1.54, 1.807) is 53.4 Å². The van der Waals surface area contributed by atoms with E-state index in [-0.39, 0.29) is 24.9 Å². The molecule has 2 aromatic carbocycles. The lowest BCUT2D eigenvalue weighted by Crippen LogP contribution is -2.41. The molecule has 9 heteroatoms. The summed E-state index contributed by atoms with van der Waals surface area (Å²) in [6.07, 6.45) is 0. The highest BCUT2D eigenvalue weighted by molar-refractivity contribution is 6.30. The molecule has 4 N–H and O–H groups in total. The van der Waals surface area contributed by atoms with Crippen LogP contribution in [0.5, 0.6) is 0 Å². The molecule has 0 saturated carbocycles. The highest BCUT2D eigenvalue weighted by Gasteiger charge is 2.16. The molecule has 0 unspecified atom stereocenters. The average molecular weight is 419 g/mol. The van der Waals surface area contributed by atoms with Crippen LogP contribution in [-0.2, 0) is 14.3 Å². The van der Waals surface area contributed by atoms with Gasteiger partial charge < -0.3 is 21.1 Å². The predicted octanol–water partition coefficient (Wildman–Crippen LogP) is 1.96. The number of nitrogens with two attached hydrogens (primary N) is 1. The number of nitrogens with zero attached hydrogens (tertiary/aromatic N) is 1. The SMILES string of the molecule is COCCN(CC(N)=O)CC(=O)Nc1ccccc1C(=O)Nc1ccc(Cl)cc1. The van der Waals surface area contributed by atoms with Crippen molar-refractivity contribution in [1.29, 1.82) is 0 Å². The number of nitrogens with one attached hydrogen (secondary N) is 2. The number of rotatable bonds is 10. The second kappa shape index (κ2) is 11.2. The molecular weight excluding hydrogens is 396 g/mol. The van der Waals surface area contributed by atoms with E-state index in [2.05, 4.69) is 10.6 Å². The third-order valence-corrected chi connectivity index (χ3v) is 4.16. The first-order chi connectivity index (χ1) is 13.9. The minimum absolute atomic E-state index is 0.0700. The number of para-hydroxylation sites is 1. The Morgan fingerprint density at radius 3 is 2.38 bits per heavy atom. The second-order valence-electron chi connectivity index (χ2n) is 6.22. The summed E-state index contributed by atoms with van der Waals surface area (Å²) < 4.78 is 4.98. The van der Waals surface area contributed by atoms with Gasteiger partial charge >= 0.3 is 0 Å². The molecule has 29 heavy (non-hydrogen) atoms. The van der Waals surface area contributed by atoms with Crippen molar-refractivity contribution in [3.8, 4) is 0 Å². The van der Waals surface area contributed by atoms with E-state index in [1.807, 2.05) is 0 Å². The minimum atomic E-state index is -0.545. The third kappa shape index (κ3) is 7.53. The molecule has 0 aromatic heterocycles. The smallest absolute Gasteiger partial charge is 0.257 e. The average Bonchev–Trinajstić information content (AvgIpc) is 2.67. The molecule has 0 radical (unpaired) electrons. The number of ether oxygens (including phenoxy) is 1. The Balaban J connectivity index is 2.06. The molecule has 0 bridgehead atoms. The van der Waals surface area contributed by atoms with Crippen LogP contribution >= 0.6 is 11.6 Å². The largest absolute Gasteiger partial charge is 0.383 e. The van der Waals surface area contributed by atoms with E-state index < -0.39 is 5.91 Å². The van der Waals surface area contributed by atoms with Gasteiger partial charge in [0.15, 0.2) is 0 Å². The Labute approximate surface area is 174 Å². The van der Waals surface area contributed by atoms with Gasteiger partial charge in [0.25, 0.3) is 5.91 Å². The van der Waals surface area contributed by atoms with Crippen LogP contribution in [0.1, 0.15) is 10.4 Å². The van der Waals surface area contributed by atoms with Crippen molar-refractivity contribution in [2.45, 2.75) is 0 Å². The van der Waals surface area contributed by atoms with Crippen LogP contribution in [0.15, 0.2) is 48.5 Å². The van der Waals surface area contributed by atoms with Crippen molar-refractivity contribution in [2.24, 2.45) is 5.73 Å². The topological polar surface area (TPSA) is 114 Å². The molecule has 0 atom stereocenters. The van der Waals surface area contributed by atoms with Crippen LogP contribution in [-0.4, -0.2) is 56.0 Å². The lowest BCUT2D eigenvalue weighted by Gasteiger charge is -2.20. The van der Waals surface area contributed by atoms with Gasteiger partial charge in [-0.15, -0.1) is 0 Å². The van der Waals surface area contributed by atoms with Gasteiger partial charge in [0.1, 0.15) is 0 Å². The van der Waals surface area contributed by atoms with Crippen LogP contribution in [0.4, 0.5) is 11.4 Å². The summed E-state index contributed by atoms with van der Waals surface area (Å²) in [7, 11) is 1.53. The van der Waals surface area contributed by atoms with Crippen molar-refractivity contribution in [3.05, 3.63) is 59.1 Å². The fourth-order valence-corrected chi connectivity index (χ4v) is 2.70. The van der Waals surface area contributed by atoms with Crippen molar-refractivity contribution < 1.29 is 19.1 Å². The first-order valence-corrected chi connectivity index (χ1v) is 9.22. The highest BCUT2D eigenvalue weighted by Crippen LogP contribution is 2.19. The van der Waals surface area contributed by atoms with Gasteiger partial charge in [-0.05, 0) is 36.4 Å². The summed E-state index contributed by atoms with van der Waals surface area (Å²) in [4.78, 5) is 37.8. The van der Waals surface area contributed by atoms with Crippen molar-refractivity contribution in [2.75, 3.05) is 44.0 Å². The molecule has 3 amide bonds. The van der Waals surface area contributed by atoms with Gasteiger partial charge in [0, 0.05) is 24.4 Å². The van der Waals surface area contributed by atoms with E-state index in [9.17, 15) is 14.4 Å². The third-order valence-electron chi connectivity index (χ3n) is 3.91. The summed E-state index contributed by atoms with van der Waals surface area (Å²) in [6, 6.07) is 13.3. The summed E-state index contributed by atoms with van der Waals surface area (Å²) >= 11 is 5.85. The lowest BCUT2D eigenvalue weighted by atomic mass is 10.1. The molecular formula is C20H23ClN4O4. The maximum absolute atomic E-state index is 12.6. The summed E-state index contributed by atoms with van der Waals surface area (Å²) in [5, 5.41) is 6.03. The summed E-state index contributed by atoms with van der Waals surface area (Å²) in [6.45, 7) is 0.571. The Bertz CT molecular complexity index is 858. The van der Waals surface area contributed by atoms with E-state index in [0.717, 1.165) is 0 Å². The number of amides is 3. The number of hydrogen-bond donors (Lipinski definition) is 3. The number of primary amides is 1. The zero-order chi connectivity index (χ0) is 21.2. The number of carbonyl (C=O) groups excluding carboxylic acids is 3. The lowest BCUT2D eigenvalue weighted by molar-refractivity contribution is -0.121. The van der Waals surface area contributed by atoms with Crippen LogP contribution in [0, 0.1) is 0 Å². The summed E-state index contributed by atoms with van der Waals surface area (Å²) in [5.41, 5.74) is 6.46. The normalized spacial score (nSPS) is 10.6. The molecule has 154 valence electrons. The van der Waals surface area contributed by atoms with E-state index in [0.29, 0.717) is 35.1 Å². The minimum Gasteiger partial charge on any atom is -0.383 e. The Kier molecular flexibility index (Phi) is 8.60. The standard InChI is InChI=1S/C20H23ClN4O4/c1-29-11-10-25(12-18(22)26)13-19(27)24-17-5-3-2-4-16(17)20(28)23-15-8-6-14(21)7-9-15/h2-9H,10-13H2,1H3,(H2,22,26)(H,23,28)(H,24,27). The van der Waals surface area contributed by atoms with Gasteiger partial charge in [-0.3, -0.25) is 19.3 Å². The molecule has 0 heterocycles. The zero-order valence-corrected chi connectivity index (χ0v) is 16.7. The molecule has 2 aromatic rings. The fourth-order valence-electron chi connectivity index (χ4n) is 2.57. The first kappa shape index (κ1) is 22.4. The molecule has 0 aliphatic heterocycles. The number of benzene rings is 2. The predicted molar refractivity (Wildman–Crippen MR) is 112 cm³/mol. The van der Waals surface area contributed by atoms with E-state index in [4.69, 9.17) is 22.1 Å². The maximum atomic E-state index is 12.6. The molecule has 0 spiro atoms. The Hall–Kier alpha value is -2.94. The molecule has 0 aliphatic rings. The van der Waals surface area contributed by atoms with Crippen LogP contribution in [0.2, 0.25) is 5.02 Å². The molecule has 8 nitrogen and oxygen atoms in total. The molecule has 2 rings (SSSR count). The van der Waals surface area contributed by atoms with Crippen molar-refractivity contribution in [3.63, 3.8) is 0 Å². The van der Waals surface area contributed by atoms with Crippen molar-refractivity contribution >= 4 is 40.7 Å². The van der Waals surface area contributed by atoms with Crippen molar-refractivity contribution in [1.82, 2.24) is 4.90 Å². The number of carbonyl (C=O) groups is 3. The van der Waals surface area contributed by atoms with E-state index in [1.165, 1.54) is 7.11 Å². The van der Waals surface area contributed by atoms with Crippen LogP contribution < -0.4 is 16.4 Å².